The molecule has 1 fully saturated rings. The summed E-state index contributed by atoms with van der Waals surface area (Å²) in [5, 5.41) is 0. The van der Waals surface area contributed by atoms with Gasteiger partial charge in [-0.3, -0.25) is 0 Å². The Kier molecular flexibility index (Phi) is 4.75. The van der Waals surface area contributed by atoms with Crippen molar-refractivity contribution in [3.05, 3.63) is 29.8 Å². The molecule has 2 atom stereocenters. The zero-order chi connectivity index (χ0) is 13.8. The van der Waals surface area contributed by atoms with Crippen LogP contribution in [0.4, 0.5) is 14.5 Å². The van der Waals surface area contributed by atoms with Gasteiger partial charge in [-0.05, 0) is 43.7 Å². The summed E-state index contributed by atoms with van der Waals surface area (Å²) in [5.74, 6) is -0.937. The summed E-state index contributed by atoms with van der Waals surface area (Å²) in [6.45, 7) is 3.94. The summed E-state index contributed by atoms with van der Waals surface area (Å²) in [4.78, 5) is 2.13. The molecule has 1 saturated heterocycles. The van der Waals surface area contributed by atoms with E-state index in [0.717, 1.165) is 44.5 Å². The van der Waals surface area contributed by atoms with E-state index in [1.54, 1.807) is 6.07 Å². The van der Waals surface area contributed by atoms with Gasteiger partial charge in [0.2, 0.25) is 0 Å². The summed E-state index contributed by atoms with van der Waals surface area (Å²) in [6, 6.07) is 4.43. The molecule has 1 aromatic carbocycles. The molecule has 0 aromatic heterocycles. The fraction of sp³-hybridized carbons (Fsp3) is 0.600. The first-order valence-corrected chi connectivity index (χ1v) is 7.05. The Morgan fingerprint density at radius 1 is 1.37 bits per heavy atom. The Morgan fingerprint density at radius 3 is 2.84 bits per heavy atom. The van der Waals surface area contributed by atoms with Crippen molar-refractivity contribution in [1.29, 1.82) is 0 Å². The van der Waals surface area contributed by atoms with E-state index < -0.39 is 11.6 Å². The molecule has 2 unspecified atom stereocenters. The van der Waals surface area contributed by atoms with E-state index in [-0.39, 0.29) is 6.04 Å². The Morgan fingerprint density at radius 2 is 2.16 bits per heavy atom. The number of rotatable bonds is 5. The third-order valence-corrected chi connectivity index (χ3v) is 4.02. The second kappa shape index (κ2) is 6.33. The molecule has 0 bridgehead atoms. The molecule has 2 N–H and O–H groups in total. The summed E-state index contributed by atoms with van der Waals surface area (Å²) < 4.78 is 26.1. The van der Waals surface area contributed by atoms with E-state index >= 15 is 0 Å². The number of nitrogens with two attached hydrogens (primary N) is 1. The smallest absolute Gasteiger partial charge is 0.160 e. The molecule has 0 spiro atoms. The van der Waals surface area contributed by atoms with E-state index in [1.165, 1.54) is 12.1 Å². The lowest BCUT2D eigenvalue weighted by Crippen LogP contribution is -2.22. The number of nitrogens with zero attached hydrogens (tertiary/aromatic N) is 1. The van der Waals surface area contributed by atoms with Gasteiger partial charge in [0.05, 0.1) is 0 Å². The minimum Gasteiger partial charge on any atom is -0.371 e. The Balaban J connectivity index is 1.89. The highest BCUT2D eigenvalue weighted by Gasteiger charge is 2.23. The fourth-order valence-corrected chi connectivity index (χ4v) is 2.64. The monoisotopic (exact) mass is 268 g/mol. The fourth-order valence-electron chi connectivity index (χ4n) is 2.64. The van der Waals surface area contributed by atoms with Gasteiger partial charge in [0.25, 0.3) is 0 Å². The quantitative estimate of drug-likeness (QED) is 0.887. The maximum absolute atomic E-state index is 13.2. The van der Waals surface area contributed by atoms with Gasteiger partial charge in [-0.15, -0.1) is 0 Å². The van der Waals surface area contributed by atoms with Crippen LogP contribution in [-0.4, -0.2) is 19.1 Å². The number of hydrogen-bond donors (Lipinski definition) is 1. The Labute approximate surface area is 113 Å². The lowest BCUT2D eigenvalue weighted by molar-refractivity contribution is 0.464. The highest BCUT2D eigenvalue weighted by atomic mass is 19.2. The van der Waals surface area contributed by atoms with Crippen molar-refractivity contribution in [2.45, 2.75) is 38.6 Å². The molecule has 1 aliphatic rings. The zero-order valence-electron chi connectivity index (χ0n) is 11.4. The molecule has 1 aliphatic heterocycles. The van der Waals surface area contributed by atoms with E-state index in [9.17, 15) is 8.78 Å². The van der Waals surface area contributed by atoms with Crippen LogP contribution in [-0.2, 0) is 0 Å². The minimum atomic E-state index is -0.784. The molecule has 4 heteroatoms. The topological polar surface area (TPSA) is 29.3 Å². The zero-order valence-corrected chi connectivity index (χ0v) is 11.4. The van der Waals surface area contributed by atoms with Crippen molar-refractivity contribution in [1.82, 2.24) is 0 Å². The highest BCUT2D eigenvalue weighted by molar-refractivity contribution is 5.47. The summed E-state index contributed by atoms with van der Waals surface area (Å²) in [5.41, 5.74) is 6.71. The average Bonchev–Trinajstić information content (AvgIpc) is 2.88. The molecule has 0 aliphatic carbocycles. The first kappa shape index (κ1) is 14.3. The third-order valence-electron chi connectivity index (χ3n) is 4.02. The van der Waals surface area contributed by atoms with Gasteiger partial charge in [0.15, 0.2) is 11.6 Å². The third kappa shape index (κ3) is 3.66. The number of halogens is 2. The van der Waals surface area contributed by atoms with Crippen LogP contribution < -0.4 is 10.6 Å². The first-order chi connectivity index (χ1) is 9.10. The van der Waals surface area contributed by atoms with Gasteiger partial charge in [0.1, 0.15) is 0 Å². The number of benzene rings is 1. The van der Waals surface area contributed by atoms with Crippen LogP contribution in [0, 0.1) is 17.6 Å². The van der Waals surface area contributed by atoms with Crippen molar-refractivity contribution < 1.29 is 8.78 Å². The molecule has 0 saturated carbocycles. The second-order valence-corrected chi connectivity index (χ2v) is 5.44. The van der Waals surface area contributed by atoms with Crippen molar-refractivity contribution in [3.63, 3.8) is 0 Å². The van der Waals surface area contributed by atoms with Gasteiger partial charge < -0.3 is 10.6 Å². The second-order valence-electron chi connectivity index (χ2n) is 5.44. The summed E-state index contributed by atoms with van der Waals surface area (Å²) in [7, 11) is 0. The molecular formula is C15H22F2N2. The van der Waals surface area contributed by atoms with Crippen LogP contribution in [0.3, 0.4) is 0 Å². The summed E-state index contributed by atoms with van der Waals surface area (Å²) in [6.07, 6.45) is 4.29. The minimum absolute atomic E-state index is 0.289. The average molecular weight is 268 g/mol. The van der Waals surface area contributed by atoms with Crippen LogP contribution in [0.25, 0.3) is 0 Å². The predicted molar refractivity (Wildman–Crippen MR) is 74.2 cm³/mol. The molecular weight excluding hydrogens is 246 g/mol. The molecule has 106 valence electrons. The standard InChI is InChI=1S/C15H22F2N2/c1-2-12(18)4-3-11-7-8-19(10-11)13-5-6-14(16)15(17)9-13/h5-6,9,11-12H,2-4,7-8,10,18H2,1H3. The normalized spacial score (nSPS) is 20.8. The largest absolute Gasteiger partial charge is 0.371 e. The molecule has 2 nitrogen and oxygen atoms in total. The molecule has 0 amide bonds. The van der Waals surface area contributed by atoms with Gasteiger partial charge >= 0.3 is 0 Å². The molecule has 2 rings (SSSR count). The van der Waals surface area contributed by atoms with Crippen molar-refractivity contribution in [3.8, 4) is 0 Å². The predicted octanol–water partition coefficient (Wildman–Crippen LogP) is 3.31. The van der Waals surface area contributed by atoms with Crippen molar-refractivity contribution >= 4 is 5.69 Å². The number of anilines is 1. The van der Waals surface area contributed by atoms with E-state index in [2.05, 4.69) is 11.8 Å². The van der Waals surface area contributed by atoms with Gasteiger partial charge in [-0.1, -0.05) is 6.92 Å². The lowest BCUT2D eigenvalue weighted by atomic mass is 9.98. The molecule has 1 aromatic rings. The lowest BCUT2D eigenvalue weighted by Gasteiger charge is -2.19. The Hall–Kier alpha value is -1.16. The van der Waals surface area contributed by atoms with Gasteiger partial charge in [0, 0.05) is 30.9 Å². The highest BCUT2D eigenvalue weighted by Crippen LogP contribution is 2.27. The van der Waals surface area contributed by atoms with Gasteiger partial charge in [-0.25, -0.2) is 8.78 Å². The summed E-state index contributed by atoms with van der Waals surface area (Å²) >= 11 is 0. The number of hydrogen-bond acceptors (Lipinski definition) is 2. The van der Waals surface area contributed by atoms with E-state index in [1.807, 2.05) is 0 Å². The molecule has 1 heterocycles. The molecule has 19 heavy (non-hydrogen) atoms. The van der Waals surface area contributed by atoms with Crippen LogP contribution >= 0.6 is 0 Å². The van der Waals surface area contributed by atoms with Crippen molar-refractivity contribution in [2.75, 3.05) is 18.0 Å². The maximum Gasteiger partial charge on any atom is 0.160 e. The SMILES string of the molecule is CCC(N)CCC1CCN(c2ccc(F)c(F)c2)C1. The Bertz CT molecular complexity index is 423. The first-order valence-electron chi connectivity index (χ1n) is 7.05. The van der Waals surface area contributed by atoms with E-state index in [0.29, 0.717) is 5.92 Å². The maximum atomic E-state index is 13.2. The van der Waals surface area contributed by atoms with Crippen LogP contribution in [0.15, 0.2) is 18.2 Å². The van der Waals surface area contributed by atoms with Crippen LogP contribution in [0.2, 0.25) is 0 Å². The van der Waals surface area contributed by atoms with Gasteiger partial charge in [-0.2, -0.15) is 0 Å². The van der Waals surface area contributed by atoms with Crippen LogP contribution in [0.1, 0.15) is 32.6 Å². The van der Waals surface area contributed by atoms with Crippen LogP contribution in [0.5, 0.6) is 0 Å². The molecule has 0 radical (unpaired) electrons. The van der Waals surface area contributed by atoms with Crippen molar-refractivity contribution in [2.24, 2.45) is 11.7 Å². The van der Waals surface area contributed by atoms with E-state index in [4.69, 9.17) is 5.73 Å².